The van der Waals surface area contributed by atoms with Crippen LogP contribution in [0.25, 0.3) is 33.5 Å². The highest BCUT2D eigenvalue weighted by Gasteiger charge is 2.30. The van der Waals surface area contributed by atoms with Gasteiger partial charge in [-0.05, 0) is 55.0 Å². The van der Waals surface area contributed by atoms with E-state index in [-0.39, 0.29) is 25.7 Å². The Kier molecular flexibility index (Phi) is 6.83. The predicted molar refractivity (Wildman–Crippen MR) is 147 cm³/mol. The molecule has 0 bridgehead atoms. The number of nitrogens with zero attached hydrogens (tertiary/aromatic N) is 4. The number of hydrogen-bond acceptors (Lipinski definition) is 5. The lowest BCUT2D eigenvalue weighted by molar-refractivity contribution is 0.0714. The van der Waals surface area contributed by atoms with Gasteiger partial charge < -0.3 is 34.3 Å². The number of halogens is 1. The third-order valence-electron chi connectivity index (χ3n) is 7.83. The van der Waals surface area contributed by atoms with Gasteiger partial charge in [-0.2, -0.15) is 0 Å². The molecule has 1 aliphatic heterocycles. The van der Waals surface area contributed by atoms with Crippen molar-refractivity contribution in [3.8, 4) is 17.3 Å². The molecule has 11 heteroatoms. The first kappa shape index (κ1) is 26.1. The molecule has 6 rings (SSSR count). The topological polar surface area (TPSA) is 122 Å². The molecule has 4 aromatic rings. The van der Waals surface area contributed by atoms with E-state index >= 15 is 0 Å². The van der Waals surface area contributed by atoms with E-state index < -0.39 is 18.8 Å². The van der Waals surface area contributed by atoms with Crippen LogP contribution in [0.5, 0.6) is 5.75 Å². The average molecular weight is 550 g/mol. The summed E-state index contributed by atoms with van der Waals surface area (Å²) < 4.78 is 23.6. The zero-order valence-electron chi connectivity index (χ0n) is 22.3. The molecule has 1 atom stereocenters. The van der Waals surface area contributed by atoms with E-state index in [4.69, 9.17) is 14.8 Å². The van der Waals surface area contributed by atoms with Gasteiger partial charge in [-0.25, -0.2) is 14.2 Å². The van der Waals surface area contributed by atoms with Crippen LogP contribution in [0.3, 0.4) is 0 Å². The van der Waals surface area contributed by atoms with Crippen LogP contribution in [0.1, 0.15) is 28.8 Å². The van der Waals surface area contributed by atoms with E-state index in [2.05, 4.69) is 16.0 Å². The Morgan fingerprint density at radius 3 is 2.83 bits per heavy atom. The summed E-state index contributed by atoms with van der Waals surface area (Å²) in [5.74, 6) is 1.83. The second-order valence-electron chi connectivity index (χ2n) is 10.6. The van der Waals surface area contributed by atoms with Crippen LogP contribution in [0.4, 0.5) is 9.18 Å². The smallest absolute Gasteiger partial charge is 0.405 e. The van der Waals surface area contributed by atoms with Crippen molar-refractivity contribution in [1.82, 2.24) is 24.3 Å². The second kappa shape index (κ2) is 10.5. The first-order valence-corrected chi connectivity index (χ1v) is 13.6. The molecule has 1 saturated carbocycles. The minimum absolute atomic E-state index is 0.0332. The Balaban J connectivity index is 1.40. The molecule has 2 aromatic carbocycles. The fourth-order valence-corrected chi connectivity index (χ4v) is 5.69. The van der Waals surface area contributed by atoms with Crippen molar-refractivity contribution in [2.75, 3.05) is 33.0 Å². The maximum absolute atomic E-state index is 13.4. The monoisotopic (exact) mass is 549 g/mol. The van der Waals surface area contributed by atoms with Crippen LogP contribution < -0.4 is 10.1 Å². The SMILES string of the molecule is Cn1c(-c2cc3cccc(OCCO)c3n2CC2CC2)nc2cc3c(cc21)CCN(C[C@@H](CF)NC(=O)O)C3=O. The number of nitrogens with one attached hydrogen (secondary N) is 1. The molecule has 40 heavy (non-hydrogen) atoms. The quantitative estimate of drug-likeness (QED) is 0.278. The maximum atomic E-state index is 13.4. The van der Waals surface area contributed by atoms with Crippen LogP contribution >= 0.6 is 0 Å². The lowest BCUT2D eigenvalue weighted by atomic mass is 9.97. The van der Waals surface area contributed by atoms with Crippen LogP contribution in [0.15, 0.2) is 36.4 Å². The largest absolute Gasteiger partial charge is 0.489 e. The Morgan fingerprint density at radius 1 is 1.27 bits per heavy atom. The first-order valence-electron chi connectivity index (χ1n) is 13.6. The molecule has 0 unspecified atom stereocenters. The van der Waals surface area contributed by atoms with Gasteiger partial charge in [-0.1, -0.05) is 12.1 Å². The minimum Gasteiger partial charge on any atom is -0.489 e. The van der Waals surface area contributed by atoms with E-state index in [1.54, 1.807) is 6.07 Å². The maximum Gasteiger partial charge on any atom is 0.405 e. The van der Waals surface area contributed by atoms with Gasteiger partial charge in [0, 0.05) is 37.6 Å². The van der Waals surface area contributed by atoms with Crippen molar-refractivity contribution >= 4 is 33.9 Å². The Labute approximate surface area is 230 Å². The van der Waals surface area contributed by atoms with Gasteiger partial charge in [0.2, 0.25) is 0 Å². The second-order valence-corrected chi connectivity index (χ2v) is 10.6. The molecule has 2 aromatic heterocycles. The molecule has 0 saturated heterocycles. The van der Waals surface area contributed by atoms with Crippen LogP contribution in [0, 0.1) is 5.92 Å². The Bertz CT molecular complexity index is 1610. The normalized spacial score (nSPS) is 16.0. The summed E-state index contributed by atoms with van der Waals surface area (Å²) >= 11 is 0. The van der Waals surface area contributed by atoms with Gasteiger partial charge in [0.05, 0.1) is 34.9 Å². The van der Waals surface area contributed by atoms with E-state index in [0.29, 0.717) is 30.0 Å². The molecule has 1 fully saturated rings. The lowest BCUT2D eigenvalue weighted by Gasteiger charge is -2.31. The van der Waals surface area contributed by atoms with Crippen molar-refractivity contribution in [3.63, 3.8) is 0 Å². The lowest BCUT2D eigenvalue weighted by Crippen LogP contribution is -2.48. The molecular formula is C29H32FN5O5. The molecule has 210 valence electrons. The summed E-state index contributed by atoms with van der Waals surface area (Å²) in [5.41, 5.74) is 4.92. The number of amides is 2. The van der Waals surface area contributed by atoms with Gasteiger partial charge in [-0.3, -0.25) is 4.79 Å². The summed E-state index contributed by atoms with van der Waals surface area (Å²) in [6.07, 6.45) is 1.62. The number of carbonyl (C=O) groups excluding carboxylic acids is 1. The van der Waals surface area contributed by atoms with Crippen molar-refractivity contribution < 1.29 is 28.9 Å². The number of hydrogen-bond donors (Lipinski definition) is 3. The van der Waals surface area contributed by atoms with E-state index in [1.165, 1.54) is 17.7 Å². The van der Waals surface area contributed by atoms with Crippen molar-refractivity contribution in [2.45, 2.75) is 31.8 Å². The zero-order valence-corrected chi connectivity index (χ0v) is 22.3. The average Bonchev–Trinajstić information content (AvgIpc) is 3.61. The first-order chi connectivity index (χ1) is 19.4. The number of rotatable bonds is 10. The highest BCUT2D eigenvalue weighted by molar-refractivity contribution is 6.01. The molecule has 0 radical (unpaired) electrons. The van der Waals surface area contributed by atoms with Gasteiger partial charge >= 0.3 is 6.09 Å². The number of ether oxygens (including phenoxy) is 1. The third kappa shape index (κ3) is 4.74. The number of para-hydroxylation sites is 1. The predicted octanol–water partition coefficient (Wildman–Crippen LogP) is 3.58. The van der Waals surface area contributed by atoms with Crippen molar-refractivity contribution in [2.24, 2.45) is 13.0 Å². The fourth-order valence-electron chi connectivity index (χ4n) is 5.69. The van der Waals surface area contributed by atoms with Crippen LogP contribution in [-0.4, -0.2) is 80.3 Å². The number of alkyl halides is 1. The standard InChI is InChI=1S/C29H32FN5O5/c1-33-23-11-18-7-8-34(16-20(14-30)31-29(38)39)28(37)21(18)13-22(23)32-27(33)24-12-19-3-2-4-25(40-10-9-36)26(19)35(24)15-17-5-6-17/h2-4,11-13,17,20,31,36H,5-10,14-16H2,1H3,(H,38,39)/t20-/m1/s1. The number of fused-ring (bicyclic) bond motifs is 3. The molecule has 2 amide bonds. The number of benzene rings is 2. The molecule has 10 nitrogen and oxygen atoms in total. The highest BCUT2D eigenvalue weighted by atomic mass is 19.1. The van der Waals surface area contributed by atoms with Crippen LogP contribution in [0.2, 0.25) is 0 Å². The van der Waals surface area contributed by atoms with Gasteiger partial charge in [-0.15, -0.1) is 0 Å². The molecule has 2 aliphatic rings. The highest BCUT2D eigenvalue weighted by Crippen LogP contribution is 2.39. The Morgan fingerprint density at radius 2 is 2.10 bits per heavy atom. The Hall–Kier alpha value is -4.12. The molecule has 3 heterocycles. The number of aliphatic hydroxyl groups excluding tert-OH is 1. The fraction of sp³-hybridized carbons (Fsp3) is 0.414. The molecule has 3 N–H and O–H groups in total. The number of carbonyl (C=O) groups is 2. The number of imidazole rings is 1. The van der Waals surface area contributed by atoms with Gasteiger partial charge in [0.1, 0.15) is 19.0 Å². The summed E-state index contributed by atoms with van der Waals surface area (Å²) in [6.45, 7) is 0.437. The third-order valence-corrected chi connectivity index (χ3v) is 7.83. The van der Waals surface area contributed by atoms with Gasteiger partial charge in [0.15, 0.2) is 5.82 Å². The van der Waals surface area contributed by atoms with E-state index in [0.717, 1.165) is 45.8 Å². The molecular weight excluding hydrogens is 517 g/mol. The van der Waals surface area contributed by atoms with Crippen molar-refractivity contribution in [3.05, 3.63) is 47.5 Å². The molecule has 0 spiro atoms. The number of aliphatic hydroxyl groups is 1. The van der Waals surface area contributed by atoms with Crippen LogP contribution in [-0.2, 0) is 20.0 Å². The van der Waals surface area contributed by atoms with E-state index in [9.17, 15) is 19.1 Å². The summed E-state index contributed by atoms with van der Waals surface area (Å²) in [6, 6.07) is 10.8. The summed E-state index contributed by atoms with van der Waals surface area (Å²) in [7, 11) is 1.97. The number of aryl methyl sites for hydroxylation is 1. The number of carboxylic acid groups (broad SMARTS) is 1. The van der Waals surface area contributed by atoms with Gasteiger partial charge in [0.25, 0.3) is 5.91 Å². The number of aromatic nitrogens is 3. The molecule has 1 aliphatic carbocycles. The summed E-state index contributed by atoms with van der Waals surface area (Å²) in [4.78, 5) is 30.8. The van der Waals surface area contributed by atoms with Crippen molar-refractivity contribution in [1.29, 1.82) is 0 Å². The minimum atomic E-state index is -1.32. The zero-order chi connectivity index (χ0) is 28.0. The van der Waals surface area contributed by atoms with E-state index in [1.807, 2.05) is 35.9 Å². The summed E-state index contributed by atoms with van der Waals surface area (Å²) in [5, 5.41) is 21.5.